The molecule has 3 N–H and O–H groups in total. The minimum absolute atomic E-state index is 0.155. The van der Waals surface area contributed by atoms with Crippen molar-refractivity contribution in [2.24, 2.45) is 10.9 Å². The molecule has 1 aliphatic rings. The number of amidine groups is 1. The minimum atomic E-state index is 0.155. The fourth-order valence-corrected chi connectivity index (χ4v) is 3.45. The van der Waals surface area contributed by atoms with Crippen LogP contribution in [0.3, 0.4) is 0 Å². The number of rotatable bonds is 3. The molecule has 0 spiro atoms. The standard InChI is InChI=1S/C14H21N3OS/c1-10-11(2)19-8-7-17(10)9-12-3-5-13(6-4-12)14(15)16-18/h3-6,10-11,18H,7-9H2,1-2H3,(H2,15,16). The maximum Gasteiger partial charge on any atom is 0.170 e. The van der Waals surface area contributed by atoms with Gasteiger partial charge in [-0.05, 0) is 12.5 Å². The van der Waals surface area contributed by atoms with E-state index in [1.807, 2.05) is 36.0 Å². The van der Waals surface area contributed by atoms with Crippen LogP contribution >= 0.6 is 11.8 Å². The topological polar surface area (TPSA) is 61.8 Å². The number of thioether (sulfide) groups is 1. The van der Waals surface area contributed by atoms with E-state index in [0.717, 1.165) is 18.7 Å². The summed E-state index contributed by atoms with van der Waals surface area (Å²) in [4.78, 5) is 2.51. The summed E-state index contributed by atoms with van der Waals surface area (Å²) < 4.78 is 0. The van der Waals surface area contributed by atoms with Gasteiger partial charge in [-0.3, -0.25) is 4.90 Å². The van der Waals surface area contributed by atoms with Crippen molar-refractivity contribution >= 4 is 17.6 Å². The number of hydrogen-bond acceptors (Lipinski definition) is 4. The van der Waals surface area contributed by atoms with E-state index in [1.54, 1.807) is 0 Å². The van der Waals surface area contributed by atoms with Crippen LogP contribution in [0.4, 0.5) is 0 Å². The lowest BCUT2D eigenvalue weighted by atomic mass is 10.1. The lowest BCUT2D eigenvalue weighted by Gasteiger charge is -2.37. The molecule has 0 aromatic heterocycles. The molecule has 0 bridgehead atoms. The highest BCUT2D eigenvalue weighted by Gasteiger charge is 2.24. The highest BCUT2D eigenvalue weighted by molar-refractivity contribution is 8.00. The first kappa shape index (κ1) is 14.2. The van der Waals surface area contributed by atoms with Gasteiger partial charge in [0, 0.05) is 35.7 Å². The molecule has 0 saturated carbocycles. The molecule has 19 heavy (non-hydrogen) atoms. The Morgan fingerprint density at radius 2 is 2.11 bits per heavy atom. The summed E-state index contributed by atoms with van der Waals surface area (Å²) in [6, 6.07) is 8.50. The molecule has 4 nitrogen and oxygen atoms in total. The largest absolute Gasteiger partial charge is 0.409 e. The fourth-order valence-electron chi connectivity index (χ4n) is 2.29. The van der Waals surface area contributed by atoms with Gasteiger partial charge in [-0.2, -0.15) is 11.8 Å². The van der Waals surface area contributed by atoms with Gasteiger partial charge in [0.2, 0.25) is 0 Å². The third-order valence-corrected chi connectivity index (χ3v) is 5.10. The van der Waals surface area contributed by atoms with Crippen LogP contribution in [-0.4, -0.2) is 39.5 Å². The molecule has 1 aromatic rings. The first-order valence-corrected chi connectivity index (χ1v) is 7.59. The van der Waals surface area contributed by atoms with E-state index in [0.29, 0.717) is 11.3 Å². The normalized spacial score (nSPS) is 25.5. The summed E-state index contributed by atoms with van der Waals surface area (Å²) in [5, 5.41) is 12.3. The zero-order valence-electron chi connectivity index (χ0n) is 11.4. The first-order chi connectivity index (χ1) is 9.11. The average Bonchev–Trinajstić information content (AvgIpc) is 2.44. The van der Waals surface area contributed by atoms with E-state index in [-0.39, 0.29) is 5.84 Å². The maximum absolute atomic E-state index is 8.63. The van der Waals surface area contributed by atoms with Gasteiger partial charge in [-0.25, -0.2) is 0 Å². The van der Waals surface area contributed by atoms with Crippen LogP contribution in [0.1, 0.15) is 25.0 Å². The molecular formula is C14H21N3OS. The highest BCUT2D eigenvalue weighted by Crippen LogP contribution is 2.25. The van der Waals surface area contributed by atoms with Gasteiger partial charge in [-0.15, -0.1) is 0 Å². The third-order valence-electron chi connectivity index (χ3n) is 3.76. The summed E-state index contributed by atoms with van der Waals surface area (Å²) in [7, 11) is 0. The van der Waals surface area contributed by atoms with Gasteiger partial charge >= 0.3 is 0 Å². The van der Waals surface area contributed by atoms with E-state index in [2.05, 4.69) is 23.9 Å². The van der Waals surface area contributed by atoms with Crippen molar-refractivity contribution < 1.29 is 5.21 Å². The lowest BCUT2D eigenvalue weighted by molar-refractivity contribution is 0.204. The number of hydrogen-bond donors (Lipinski definition) is 2. The molecule has 2 unspecified atom stereocenters. The molecule has 1 fully saturated rings. The summed E-state index contributed by atoms with van der Waals surface area (Å²) in [5.41, 5.74) is 7.57. The summed E-state index contributed by atoms with van der Waals surface area (Å²) in [6.07, 6.45) is 0. The van der Waals surface area contributed by atoms with Crippen molar-refractivity contribution in [1.82, 2.24) is 4.90 Å². The molecule has 1 heterocycles. The Morgan fingerprint density at radius 1 is 1.42 bits per heavy atom. The van der Waals surface area contributed by atoms with Crippen molar-refractivity contribution in [3.05, 3.63) is 35.4 Å². The smallest absolute Gasteiger partial charge is 0.170 e. The molecule has 1 aliphatic heterocycles. The Labute approximate surface area is 118 Å². The van der Waals surface area contributed by atoms with Crippen molar-refractivity contribution in [3.8, 4) is 0 Å². The van der Waals surface area contributed by atoms with E-state index < -0.39 is 0 Å². The molecule has 0 radical (unpaired) electrons. The Morgan fingerprint density at radius 3 is 2.74 bits per heavy atom. The van der Waals surface area contributed by atoms with Gasteiger partial charge in [0.25, 0.3) is 0 Å². The lowest BCUT2D eigenvalue weighted by Crippen LogP contribution is -2.43. The molecule has 1 aromatic carbocycles. The van der Waals surface area contributed by atoms with Crippen LogP contribution in [0.15, 0.2) is 29.4 Å². The second-order valence-electron chi connectivity index (χ2n) is 4.97. The summed E-state index contributed by atoms with van der Waals surface area (Å²) >= 11 is 2.05. The maximum atomic E-state index is 8.63. The second kappa shape index (κ2) is 6.30. The number of nitrogens with zero attached hydrogens (tertiary/aromatic N) is 2. The van der Waals surface area contributed by atoms with Crippen LogP contribution in [0.2, 0.25) is 0 Å². The summed E-state index contributed by atoms with van der Waals surface area (Å²) in [6.45, 7) is 6.69. The average molecular weight is 279 g/mol. The van der Waals surface area contributed by atoms with Crippen molar-refractivity contribution in [3.63, 3.8) is 0 Å². The molecule has 0 aliphatic carbocycles. The number of oxime groups is 1. The molecule has 0 amide bonds. The number of benzene rings is 1. The van der Waals surface area contributed by atoms with E-state index in [4.69, 9.17) is 10.9 Å². The van der Waals surface area contributed by atoms with Crippen molar-refractivity contribution in [2.45, 2.75) is 31.7 Å². The molecule has 104 valence electrons. The monoisotopic (exact) mass is 279 g/mol. The number of nitrogens with two attached hydrogens (primary N) is 1. The van der Waals surface area contributed by atoms with E-state index in [1.165, 1.54) is 11.3 Å². The Kier molecular flexibility index (Phi) is 4.71. The van der Waals surface area contributed by atoms with Gasteiger partial charge in [0.05, 0.1) is 0 Å². The molecule has 2 atom stereocenters. The minimum Gasteiger partial charge on any atom is -0.409 e. The van der Waals surface area contributed by atoms with Crippen molar-refractivity contribution in [1.29, 1.82) is 0 Å². The van der Waals surface area contributed by atoms with Crippen LogP contribution in [0, 0.1) is 0 Å². The Hall–Kier alpha value is -1.20. The molecule has 2 rings (SSSR count). The van der Waals surface area contributed by atoms with Crippen LogP contribution in [-0.2, 0) is 6.54 Å². The molecule has 5 heteroatoms. The van der Waals surface area contributed by atoms with Crippen LogP contribution in [0.25, 0.3) is 0 Å². The highest BCUT2D eigenvalue weighted by atomic mass is 32.2. The van der Waals surface area contributed by atoms with Gasteiger partial charge in [0.15, 0.2) is 5.84 Å². The van der Waals surface area contributed by atoms with E-state index in [9.17, 15) is 0 Å². The zero-order valence-corrected chi connectivity index (χ0v) is 12.2. The Bertz CT molecular complexity index is 447. The predicted octanol–water partition coefficient (Wildman–Crippen LogP) is 2.11. The Balaban J connectivity index is 2.03. The van der Waals surface area contributed by atoms with Crippen LogP contribution in [0.5, 0.6) is 0 Å². The SMILES string of the molecule is CC1SCCN(Cc2ccc(/C(N)=N/O)cc2)C1C. The first-order valence-electron chi connectivity index (χ1n) is 6.54. The van der Waals surface area contributed by atoms with Crippen molar-refractivity contribution in [2.75, 3.05) is 12.3 Å². The molecule has 1 saturated heterocycles. The zero-order chi connectivity index (χ0) is 13.8. The van der Waals surface area contributed by atoms with E-state index >= 15 is 0 Å². The van der Waals surface area contributed by atoms with Crippen LogP contribution < -0.4 is 5.73 Å². The van der Waals surface area contributed by atoms with Gasteiger partial charge in [0.1, 0.15) is 0 Å². The summed E-state index contributed by atoms with van der Waals surface area (Å²) in [5.74, 6) is 1.36. The quantitative estimate of drug-likeness (QED) is 0.385. The second-order valence-corrected chi connectivity index (χ2v) is 6.45. The predicted molar refractivity (Wildman–Crippen MR) is 80.7 cm³/mol. The van der Waals surface area contributed by atoms with Gasteiger partial charge in [-0.1, -0.05) is 36.3 Å². The third kappa shape index (κ3) is 3.42. The molecular weight excluding hydrogens is 258 g/mol. The fraction of sp³-hybridized carbons (Fsp3) is 0.500. The van der Waals surface area contributed by atoms with Gasteiger partial charge < -0.3 is 10.9 Å².